The summed E-state index contributed by atoms with van der Waals surface area (Å²) in [6.45, 7) is -3.93. The lowest BCUT2D eigenvalue weighted by molar-refractivity contribution is -0.196. The molecule has 2 bridgehead atoms. The number of aromatic nitrogens is 7. The quantitative estimate of drug-likeness (QED) is 0.148. The zero-order valence-corrected chi connectivity index (χ0v) is 26.6. The maximum absolute atomic E-state index is 13.4. The Morgan fingerprint density at radius 3 is 2.38 bits per heavy atom. The number of rotatable bonds is 4. The Morgan fingerprint density at radius 1 is 0.980 bits per heavy atom. The van der Waals surface area contributed by atoms with Gasteiger partial charge >= 0.3 is 21.8 Å². The topological polar surface area (TPSA) is 306 Å². The standard InChI is InChI=1S/C23H26F3N9O13P2/c24-23(25,26)5-42-14-10-4-44-49(38,39)47-13-9(45-20(12(13)36)34-2-1-8-16(27)29-6-30-17(8)34)3-43-50(40,41)48-15(14)21(46-10)35-7-31-11-18(35)32-22(28)33-19(11)37/h1-2,6-7,9-10,12-15,20-21,36H,3-5H2,(H,38,39)(H,40,41)(H2,27,29,30)(H3,28,32,33,37)/t9-,10-,12?,13?,14?,15?,20-,21-/m1/s1. The summed E-state index contributed by atoms with van der Waals surface area (Å²) in [4.78, 5) is 52.0. The lowest BCUT2D eigenvalue weighted by Gasteiger charge is -2.27. The number of alkyl halides is 3. The number of nitrogen functional groups attached to an aromatic ring is 2. The molecule has 0 spiro atoms. The molecule has 0 saturated carbocycles. The fraction of sp³-hybridized carbons (Fsp3) is 0.522. The van der Waals surface area contributed by atoms with Crippen molar-refractivity contribution in [3.05, 3.63) is 35.3 Å². The molecule has 27 heteroatoms. The van der Waals surface area contributed by atoms with Gasteiger partial charge in [-0.25, -0.2) is 24.1 Å². The van der Waals surface area contributed by atoms with Gasteiger partial charge in [0, 0.05) is 6.20 Å². The predicted octanol–water partition coefficient (Wildman–Crippen LogP) is -0.150. The first kappa shape index (κ1) is 34.9. The van der Waals surface area contributed by atoms with Gasteiger partial charge in [-0.15, -0.1) is 0 Å². The first-order valence-electron chi connectivity index (χ1n) is 14.3. The van der Waals surface area contributed by atoms with E-state index < -0.39 is 102 Å². The van der Waals surface area contributed by atoms with Crippen LogP contribution < -0.4 is 17.0 Å². The van der Waals surface area contributed by atoms with E-state index >= 15 is 0 Å². The maximum atomic E-state index is 13.4. The van der Waals surface area contributed by atoms with E-state index in [1.54, 1.807) is 0 Å². The molecule has 0 radical (unpaired) electrons. The number of ether oxygens (including phenoxy) is 3. The van der Waals surface area contributed by atoms with E-state index in [-0.39, 0.29) is 22.6 Å². The molecule has 3 saturated heterocycles. The number of aliphatic hydroxyl groups excluding tert-OH is 1. The fourth-order valence-corrected chi connectivity index (χ4v) is 7.71. The molecule has 6 unspecified atom stereocenters. The molecule has 272 valence electrons. The van der Waals surface area contributed by atoms with Gasteiger partial charge in [0.1, 0.15) is 61.0 Å². The van der Waals surface area contributed by atoms with Crippen molar-refractivity contribution in [2.24, 2.45) is 0 Å². The van der Waals surface area contributed by atoms with Crippen molar-refractivity contribution in [1.82, 2.24) is 34.1 Å². The maximum Gasteiger partial charge on any atom is 0.472 e. The van der Waals surface area contributed by atoms with E-state index in [0.29, 0.717) is 5.39 Å². The third kappa shape index (κ3) is 6.63. The Morgan fingerprint density at radius 2 is 1.66 bits per heavy atom. The van der Waals surface area contributed by atoms with Crippen molar-refractivity contribution in [3.63, 3.8) is 0 Å². The highest BCUT2D eigenvalue weighted by molar-refractivity contribution is 7.47. The van der Waals surface area contributed by atoms with Crippen LogP contribution in [0.2, 0.25) is 0 Å². The summed E-state index contributed by atoms with van der Waals surface area (Å²) in [5.74, 6) is -0.297. The van der Waals surface area contributed by atoms with E-state index in [2.05, 4.69) is 24.9 Å². The number of nitrogens with zero attached hydrogens (tertiary/aromatic N) is 6. The lowest BCUT2D eigenvalue weighted by Crippen LogP contribution is -2.40. The third-order valence-electron chi connectivity index (χ3n) is 7.89. The van der Waals surface area contributed by atoms with Crippen LogP contribution in [0.1, 0.15) is 12.5 Å². The van der Waals surface area contributed by atoms with Gasteiger partial charge in [0.05, 0.1) is 24.9 Å². The number of hydrogen-bond acceptors (Lipinski definition) is 17. The van der Waals surface area contributed by atoms with Gasteiger partial charge in [-0.2, -0.15) is 18.2 Å². The van der Waals surface area contributed by atoms with Gasteiger partial charge in [-0.3, -0.25) is 32.4 Å². The number of aromatic amines is 1. The summed E-state index contributed by atoms with van der Waals surface area (Å²) in [6, 6.07) is 1.51. The smallest absolute Gasteiger partial charge is 0.386 e. The van der Waals surface area contributed by atoms with Gasteiger partial charge < -0.3 is 45.1 Å². The Hall–Kier alpha value is -3.58. The molecule has 3 fully saturated rings. The molecule has 3 aliphatic heterocycles. The second-order valence-corrected chi connectivity index (χ2v) is 14.0. The molecule has 4 aromatic rings. The second-order valence-electron chi connectivity index (χ2n) is 11.2. The van der Waals surface area contributed by atoms with Crippen LogP contribution in [0.3, 0.4) is 0 Å². The first-order chi connectivity index (χ1) is 23.5. The van der Waals surface area contributed by atoms with Crippen molar-refractivity contribution in [2.75, 3.05) is 31.3 Å². The average molecular weight is 755 g/mol. The number of H-pyrrole nitrogens is 1. The zero-order chi connectivity index (χ0) is 35.7. The minimum Gasteiger partial charge on any atom is -0.386 e. The summed E-state index contributed by atoms with van der Waals surface area (Å²) in [5.41, 5.74) is 10.3. The summed E-state index contributed by atoms with van der Waals surface area (Å²) in [7, 11) is -10.6. The van der Waals surface area contributed by atoms with Crippen molar-refractivity contribution in [1.29, 1.82) is 0 Å². The Balaban J connectivity index is 1.24. The highest BCUT2D eigenvalue weighted by atomic mass is 31.2. The molecule has 0 amide bonds. The molecule has 22 nitrogen and oxygen atoms in total. The molecule has 0 aliphatic carbocycles. The Kier molecular flexibility index (Phi) is 8.76. The number of anilines is 2. The van der Waals surface area contributed by atoms with Crippen LogP contribution in [0.4, 0.5) is 24.9 Å². The van der Waals surface area contributed by atoms with E-state index in [9.17, 15) is 42.0 Å². The van der Waals surface area contributed by atoms with Crippen LogP contribution >= 0.6 is 15.6 Å². The molecular weight excluding hydrogens is 729 g/mol. The van der Waals surface area contributed by atoms with E-state index in [1.165, 1.54) is 16.8 Å². The minimum atomic E-state index is -5.37. The van der Waals surface area contributed by atoms with Crippen molar-refractivity contribution in [3.8, 4) is 0 Å². The van der Waals surface area contributed by atoms with Crippen LogP contribution in [-0.4, -0.2) is 112 Å². The molecule has 4 aromatic heterocycles. The number of hydrogen-bond donors (Lipinski definition) is 6. The summed E-state index contributed by atoms with van der Waals surface area (Å²) < 4.78 is 106. The number of nitrogens with one attached hydrogen (secondary N) is 1. The first-order valence-corrected chi connectivity index (χ1v) is 17.3. The molecule has 3 aliphatic rings. The number of nitrogens with two attached hydrogens (primary N) is 2. The molecular formula is C23H26F3N9O13P2. The number of aliphatic hydroxyl groups is 1. The number of phosphoric acid groups is 2. The van der Waals surface area contributed by atoms with Gasteiger partial charge in [-0.05, 0) is 6.07 Å². The van der Waals surface area contributed by atoms with Gasteiger partial charge in [0.2, 0.25) is 5.95 Å². The normalized spacial score (nSPS) is 35.5. The molecule has 10 atom stereocenters. The number of phosphoric ester groups is 2. The molecule has 8 N–H and O–H groups in total. The number of halogens is 3. The number of fused-ring (bicyclic) bond motifs is 5. The largest absolute Gasteiger partial charge is 0.472 e. The van der Waals surface area contributed by atoms with Crippen LogP contribution in [0, 0.1) is 0 Å². The zero-order valence-electron chi connectivity index (χ0n) is 24.8. The third-order valence-corrected chi connectivity index (χ3v) is 9.86. The SMILES string of the molecule is Nc1nc2c(ncn2[C@@H]2O[C@@H]3COP(=O)(O)OC4C(O)[C@H](n5ccc6c(N)ncnc65)O[C@@H]4COP(=O)(O)OC2C3OCC(F)(F)F)c(=O)[nH]1. The highest BCUT2D eigenvalue weighted by Gasteiger charge is 2.55. The van der Waals surface area contributed by atoms with Crippen LogP contribution in [0.15, 0.2) is 29.7 Å². The lowest BCUT2D eigenvalue weighted by atomic mass is 10.1. The van der Waals surface area contributed by atoms with Crippen LogP contribution in [0.25, 0.3) is 22.2 Å². The van der Waals surface area contributed by atoms with Crippen molar-refractivity contribution < 1.29 is 69.5 Å². The summed E-state index contributed by atoms with van der Waals surface area (Å²) in [6.07, 6.45) is -15.4. The predicted molar refractivity (Wildman–Crippen MR) is 155 cm³/mol. The van der Waals surface area contributed by atoms with Gasteiger partial charge in [-0.1, -0.05) is 0 Å². The highest BCUT2D eigenvalue weighted by Crippen LogP contribution is 2.54. The van der Waals surface area contributed by atoms with E-state index in [4.69, 9.17) is 43.8 Å². The minimum absolute atomic E-state index is 0.0948. The average Bonchev–Trinajstić information content (AvgIpc) is 3.78. The van der Waals surface area contributed by atoms with E-state index in [0.717, 1.165) is 17.2 Å². The summed E-state index contributed by atoms with van der Waals surface area (Å²) >= 11 is 0. The van der Waals surface area contributed by atoms with E-state index in [1.807, 2.05) is 0 Å². The fourth-order valence-electron chi connectivity index (χ4n) is 5.81. The van der Waals surface area contributed by atoms with Crippen LogP contribution in [-0.2, 0) is 41.4 Å². The van der Waals surface area contributed by atoms with Crippen molar-refractivity contribution >= 4 is 49.6 Å². The second kappa shape index (κ2) is 12.6. The van der Waals surface area contributed by atoms with Crippen LogP contribution in [0.5, 0.6) is 0 Å². The summed E-state index contributed by atoms with van der Waals surface area (Å²) in [5, 5.41) is 11.6. The Bertz CT molecular complexity index is 2080. The molecule has 0 aromatic carbocycles. The molecule has 50 heavy (non-hydrogen) atoms. The number of imidazole rings is 1. The monoisotopic (exact) mass is 755 g/mol. The molecule has 7 rings (SSSR count). The molecule has 7 heterocycles. The van der Waals surface area contributed by atoms with Gasteiger partial charge in [0.25, 0.3) is 5.56 Å². The van der Waals surface area contributed by atoms with Crippen molar-refractivity contribution in [2.45, 2.75) is 55.3 Å². The Labute approximate surface area is 275 Å². The van der Waals surface area contributed by atoms with Gasteiger partial charge in [0.15, 0.2) is 23.6 Å².